The lowest BCUT2D eigenvalue weighted by atomic mass is 9.98. The lowest BCUT2D eigenvalue weighted by Crippen LogP contribution is -2.51. The van der Waals surface area contributed by atoms with Crippen LogP contribution in [0.3, 0.4) is 0 Å². The molecule has 1 aliphatic carbocycles. The third-order valence-electron chi connectivity index (χ3n) is 5.19. The van der Waals surface area contributed by atoms with Gasteiger partial charge in [0.15, 0.2) is 0 Å². The highest BCUT2D eigenvalue weighted by atomic mass is 35.5. The van der Waals surface area contributed by atoms with Crippen molar-refractivity contribution >= 4 is 35.6 Å². The number of carbonyl (C=O) groups excluding carboxylic acids is 2. The van der Waals surface area contributed by atoms with Gasteiger partial charge in [-0.3, -0.25) is 9.59 Å². The van der Waals surface area contributed by atoms with Gasteiger partial charge in [-0.05, 0) is 42.0 Å². The average Bonchev–Trinajstić information content (AvgIpc) is 3.22. The molecule has 1 aromatic rings. The topological polar surface area (TPSA) is 75.4 Å². The van der Waals surface area contributed by atoms with Crippen molar-refractivity contribution in [2.75, 3.05) is 13.1 Å². The van der Waals surface area contributed by atoms with Crippen molar-refractivity contribution in [1.29, 1.82) is 0 Å². The Morgan fingerprint density at radius 1 is 1.33 bits per heavy atom. The lowest BCUT2D eigenvalue weighted by Gasteiger charge is -2.27. The van der Waals surface area contributed by atoms with E-state index < -0.39 is 6.04 Å². The lowest BCUT2D eigenvalue weighted by molar-refractivity contribution is -0.133. The molecule has 24 heavy (non-hydrogen) atoms. The molecule has 0 bridgehead atoms. The zero-order chi connectivity index (χ0) is 16.6. The number of nitrogens with one attached hydrogen (secondary N) is 1. The molecule has 0 aromatic carbocycles. The van der Waals surface area contributed by atoms with Gasteiger partial charge in [-0.25, -0.2) is 0 Å². The largest absolute Gasteiger partial charge is 0.340 e. The van der Waals surface area contributed by atoms with E-state index in [1.165, 1.54) is 11.3 Å². The van der Waals surface area contributed by atoms with Crippen molar-refractivity contribution in [3.63, 3.8) is 0 Å². The highest BCUT2D eigenvalue weighted by Crippen LogP contribution is 2.37. The van der Waals surface area contributed by atoms with Crippen LogP contribution in [-0.4, -0.2) is 41.9 Å². The molecule has 2 fully saturated rings. The maximum Gasteiger partial charge on any atom is 0.262 e. The summed E-state index contributed by atoms with van der Waals surface area (Å²) < 4.78 is 0. The fraction of sp³-hybridized carbons (Fsp3) is 0.647. The van der Waals surface area contributed by atoms with Crippen molar-refractivity contribution in [3.05, 3.63) is 22.4 Å². The second kappa shape index (κ2) is 7.85. The first-order chi connectivity index (χ1) is 11.0. The zero-order valence-corrected chi connectivity index (χ0v) is 15.7. The molecule has 2 aliphatic rings. The number of amides is 2. The first-order valence-corrected chi connectivity index (χ1v) is 9.24. The number of fused-ring (bicyclic) bond motifs is 1. The van der Waals surface area contributed by atoms with Crippen LogP contribution in [0.5, 0.6) is 0 Å². The van der Waals surface area contributed by atoms with Crippen LogP contribution in [0.15, 0.2) is 17.5 Å². The summed E-state index contributed by atoms with van der Waals surface area (Å²) in [7, 11) is 0. The van der Waals surface area contributed by atoms with E-state index in [1.54, 1.807) is 6.07 Å². The van der Waals surface area contributed by atoms with E-state index in [4.69, 9.17) is 5.73 Å². The molecule has 3 rings (SSSR count). The molecule has 1 saturated carbocycles. The maximum absolute atomic E-state index is 12.9. The minimum atomic E-state index is -0.473. The summed E-state index contributed by atoms with van der Waals surface area (Å²) in [4.78, 5) is 27.8. The summed E-state index contributed by atoms with van der Waals surface area (Å²) in [5.74, 6) is 0.893. The number of carbonyl (C=O) groups is 2. The van der Waals surface area contributed by atoms with E-state index in [9.17, 15) is 9.59 Å². The fourth-order valence-electron chi connectivity index (χ4n) is 3.82. The fourth-order valence-corrected chi connectivity index (χ4v) is 4.44. The van der Waals surface area contributed by atoms with Crippen molar-refractivity contribution in [3.8, 4) is 0 Å². The molecule has 2 amide bonds. The van der Waals surface area contributed by atoms with Gasteiger partial charge in [-0.1, -0.05) is 19.9 Å². The van der Waals surface area contributed by atoms with Gasteiger partial charge in [0.2, 0.25) is 5.91 Å². The Kier molecular flexibility index (Phi) is 6.28. The highest BCUT2D eigenvalue weighted by molar-refractivity contribution is 7.12. The van der Waals surface area contributed by atoms with Crippen molar-refractivity contribution in [1.82, 2.24) is 10.2 Å². The van der Waals surface area contributed by atoms with E-state index >= 15 is 0 Å². The second-order valence-corrected chi connectivity index (χ2v) is 8.03. The predicted octanol–water partition coefficient (Wildman–Crippen LogP) is 2.12. The number of nitrogens with two attached hydrogens (primary N) is 1. The Morgan fingerprint density at radius 3 is 2.67 bits per heavy atom. The normalized spacial score (nSPS) is 26.8. The molecular weight excluding hydrogens is 346 g/mol. The van der Waals surface area contributed by atoms with Crippen LogP contribution in [-0.2, 0) is 4.79 Å². The van der Waals surface area contributed by atoms with Gasteiger partial charge in [-0.15, -0.1) is 23.7 Å². The molecule has 1 saturated heterocycles. The smallest absolute Gasteiger partial charge is 0.262 e. The number of thiophene rings is 1. The summed E-state index contributed by atoms with van der Waals surface area (Å²) in [6.07, 6.45) is 2.18. The third kappa shape index (κ3) is 3.76. The molecule has 1 aliphatic heterocycles. The summed E-state index contributed by atoms with van der Waals surface area (Å²) in [5.41, 5.74) is 6.16. The van der Waals surface area contributed by atoms with Crippen LogP contribution in [0.1, 0.15) is 36.4 Å². The summed E-state index contributed by atoms with van der Waals surface area (Å²) in [5, 5.41) is 4.79. The third-order valence-corrected chi connectivity index (χ3v) is 6.06. The monoisotopic (exact) mass is 371 g/mol. The number of hydrogen-bond acceptors (Lipinski definition) is 4. The van der Waals surface area contributed by atoms with Crippen LogP contribution >= 0.6 is 23.7 Å². The number of hydrogen-bond donors (Lipinski definition) is 2. The van der Waals surface area contributed by atoms with Crippen LogP contribution < -0.4 is 11.1 Å². The SMILES string of the molecule is CC(C)C(NC(=O)c1cccs1)C(=O)N1CC2CCC(N)C2C1.Cl. The molecule has 5 nitrogen and oxygen atoms in total. The average molecular weight is 372 g/mol. The van der Waals surface area contributed by atoms with Crippen LogP contribution in [0, 0.1) is 17.8 Å². The second-order valence-electron chi connectivity index (χ2n) is 7.08. The number of halogens is 1. The Hall–Kier alpha value is -1.11. The first-order valence-electron chi connectivity index (χ1n) is 8.36. The molecule has 4 atom stereocenters. The molecule has 1 aromatic heterocycles. The van der Waals surface area contributed by atoms with E-state index in [2.05, 4.69) is 5.32 Å². The number of likely N-dealkylation sites (tertiary alicyclic amines) is 1. The van der Waals surface area contributed by atoms with Crippen molar-refractivity contribution in [2.45, 2.75) is 38.8 Å². The Balaban J connectivity index is 0.00000208. The highest BCUT2D eigenvalue weighted by Gasteiger charge is 2.44. The zero-order valence-electron chi connectivity index (χ0n) is 14.1. The molecule has 7 heteroatoms. The van der Waals surface area contributed by atoms with Gasteiger partial charge in [0.25, 0.3) is 5.91 Å². The first kappa shape index (κ1) is 19.2. The minimum absolute atomic E-state index is 0. The van der Waals surface area contributed by atoms with Crippen molar-refractivity contribution < 1.29 is 9.59 Å². The standard InChI is InChI=1S/C17H25N3O2S.ClH/c1-10(2)15(19-16(21)14-4-3-7-23-14)17(22)20-8-11-5-6-13(18)12(11)9-20;/h3-4,7,10-13,15H,5-6,8-9,18H2,1-2H3,(H,19,21);1H. The van der Waals surface area contributed by atoms with Gasteiger partial charge >= 0.3 is 0 Å². The molecule has 4 unspecified atom stereocenters. The van der Waals surface area contributed by atoms with E-state index in [0.717, 1.165) is 25.9 Å². The van der Waals surface area contributed by atoms with Crippen molar-refractivity contribution in [2.24, 2.45) is 23.5 Å². The molecule has 3 N–H and O–H groups in total. The number of nitrogens with zero attached hydrogens (tertiary/aromatic N) is 1. The summed E-state index contributed by atoms with van der Waals surface area (Å²) >= 11 is 1.39. The Morgan fingerprint density at radius 2 is 2.08 bits per heavy atom. The van der Waals surface area contributed by atoms with Gasteiger partial charge < -0.3 is 16.0 Å². The van der Waals surface area contributed by atoms with Crippen LogP contribution in [0.2, 0.25) is 0 Å². The number of rotatable bonds is 4. The molecule has 134 valence electrons. The quantitative estimate of drug-likeness (QED) is 0.851. The van der Waals surface area contributed by atoms with E-state index in [0.29, 0.717) is 16.7 Å². The van der Waals surface area contributed by atoms with E-state index in [1.807, 2.05) is 30.2 Å². The van der Waals surface area contributed by atoms with Crippen LogP contribution in [0.4, 0.5) is 0 Å². The van der Waals surface area contributed by atoms with E-state index in [-0.39, 0.29) is 36.2 Å². The van der Waals surface area contributed by atoms with Gasteiger partial charge in [0.1, 0.15) is 6.04 Å². The Bertz CT molecular complexity index is 578. The molecule has 0 radical (unpaired) electrons. The van der Waals surface area contributed by atoms with Gasteiger partial charge in [0.05, 0.1) is 4.88 Å². The predicted molar refractivity (Wildman–Crippen MR) is 98.4 cm³/mol. The maximum atomic E-state index is 12.9. The summed E-state index contributed by atoms with van der Waals surface area (Å²) in [6, 6.07) is 3.37. The minimum Gasteiger partial charge on any atom is -0.340 e. The van der Waals surface area contributed by atoms with Gasteiger partial charge in [-0.2, -0.15) is 0 Å². The van der Waals surface area contributed by atoms with Gasteiger partial charge in [0, 0.05) is 19.1 Å². The Labute approximate surface area is 153 Å². The molecular formula is C17H26ClN3O2S. The summed E-state index contributed by atoms with van der Waals surface area (Å²) in [6.45, 7) is 5.47. The van der Waals surface area contributed by atoms with Crippen LogP contribution in [0.25, 0.3) is 0 Å². The molecule has 0 spiro atoms. The molecule has 2 heterocycles.